The minimum Gasteiger partial charge on any atom is -0.465 e. The number of carbonyl (C=O) groups is 1. The van der Waals surface area contributed by atoms with E-state index in [0.29, 0.717) is 4.90 Å². The van der Waals surface area contributed by atoms with E-state index in [1.54, 1.807) is 6.26 Å². The van der Waals surface area contributed by atoms with Crippen LogP contribution >= 0.6 is 11.8 Å². The van der Waals surface area contributed by atoms with Gasteiger partial charge in [0, 0.05) is 4.90 Å². The van der Waals surface area contributed by atoms with Crippen LogP contribution in [0.4, 0.5) is 13.2 Å². The zero-order valence-corrected chi connectivity index (χ0v) is 9.41. The Morgan fingerprint density at radius 3 is 2.44 bits per heavy atom. The fraction of sp³-hybridized carbons (Fsp3) is 0.300. The highest BCUT2D eigenvalue weighted by Crippen LogP contribution is 2.34. The van der Waals surface area contributed by atoms with Gasteiger partial charge in [-0.3, -0.25) is 0 Å². The molecule has 0 heterocycles. The van der Waals surface area contributed by atoms with Crippen molar-refractivity contribution in [1.82, 2.24) is 0 Å². The van der Waals surface area contributed by atoms with Gasteiger partial charge in [0.15, 0.2) is 0 Å². The molecule has 1 rings (SSSR count). The maximum Gasteiger partial charge on any atom is 0.417 e. The molecule has 0 spiro atoms. The first-order valence-corrected chi connectivity index (χ1v) is 5.46. The van der Waals surface area contributed by atoms with E-state index in [2.05, 4.69) is 4.74 Å². The molecule has 0 aromatic heterocycles. The van der Waals surface area contributed by atoms with Crippen molar-refractivity contribution >= 4 is 17.7 Å². The number of methoxy groups -OCH3 is 1. The summed E-state index contributed by atoms with van der Waals surface area (Å²) in [5.41, 5.74) is -1.43. The highest BCUT2D eigenvalue weighted by Gasteiger charge is 2.35. The Morgan fingerprint density at radius 1 is 1.38 bits per heavy atom. The molecule has 0 bridgehead atoms. The molecule has 0 radical (unpaired) electrons. The summed E-state index contributed by atoms with van der Waals surface area (Å²) >= 11 is 1.26. The number of alkyl halides is 3. The first-order valence-electron chi connectivity index (χ1n) is 4.23. The minimum atomic E-state index is -4.56. The van der Waals surface area contributed by atoms with Crippen LogP contribution in [0.15, 0.2) is 23.1 Å². The summed E-state index contributed by atoms with van der Waals surface area (Å²) in [5.74, 6) is -0.983. The molecule has 0 saturated carbocycles. The molecule has 6 heteroatoms. The number of hydrogen-bond acceptors (Lipinski definition) is 3. The quantitative estimate of drug-likeness (QED) is 0.595. The minimum absolute atomic E-state index is 0.457. The lowest BCUT2D eigenvalue weighted by molar-refractivity contribution is -0.138. The van der Waals surface area contributed by atoms with Crippen molar-refractivity contribution in [2.75, 3.05) is 13.4 Å². The largest absolute Gasteiger partial charge is 0.465 e. The van der Waals surface area contributed by atoms with Gasteiger partial charge in [0.25, 0.3) is 0 Å². The van der Waals surface area contributed by atoms with E-state index in [-0.39, 0.29) is 0 Å². The zero-order chi connectivity index (χ0) is 12.3. The fourth-order valence-electron chi connectivity index (χ4n) is 1.18. The first-order chi connectivity index (χ1) is 7.40. The maximum atomic E-state index is 12.6. The number of esters is 1. The third kappa shape index (κ3) is 2.69. The van der Waals surface area contributed by atoms with Crippen LogP contribution in [0.2, 0.25) is 0 Å². The van der Waals surface area contributed by atoms with Gasteiger partial charge in [0.1, 0.15) is 0 Å². The molecule has 16 heavy (non-hydrogen) atoms. The van der Waals surface area contributed by atoms with Crippen molar-refractivity contribution < 1.29 is 22.7 Å². The van der Waals surface area contributed by atoms with Crippen LogP contribution in [-0.2, 0) is 10.9 Å². The Bertz CT molecular complexity index is 402. The second kappa shape index (κ2) is 4.78. The molecular weight excluding hydrogens is 241 g/mol. The number of carbonyl (C=O) groups excluding carboxylic acids is 1. The summed E-state index contributed by atoms with van der Waals surface area (Å²) in [6, 6.07) is 3.39. The molecule has 0 amide bonds. The third-order valence-corrected chi connectivity index (χ3v) is 2.66. The summed E-state index contributed by atoms with van der Waals surface area (Å²) in [7, 11) is 1.05. The molecule has 0 aliphatic heterocycles. The fourth-order valence-corrected chi connectivity index (χ4v) is 1.62. The lowest BCUT2D eigenvalue weighted by Gasteiger charge is -2.12. The van der Waals surface area contributed by atoms with Crippen molar-refractivity contribution in [3.05, 3.63) is 29.3 Å². The summed E-state index contributed by atoms with van der Waals surface area (Å²) in [6.07, 6.45) is -2.84. The first kappa shape index (κ1) is 12.9. The van der Waals surface area contributed by atoms with Crippen molar-refractivity contribution in [3.63, 3.8) is 0 Å². The predicted octanol–water partition coefficient (Wildman–Crippen LogP) is 3.21. The number of hydrogen-bond donors (Lipinski definition) is 0. The Balaban J connectivity index is 3.33. The van der Waals surface area contributed by atoms with Gasteiger partial charge < -0.3 is 4.74 Å². The lowest BCUT2D eigenvalue weighted by atomic mass is 10.1. The van der Waals surface area contributed by atoms with Crippen LogP contribution < -0.4 is 0 Å². The molecule has 0 aliphatic carbocycles. The number of ether oxygens (including phenoxy) is 1. The highest BCUT2D eigenvalue weighted by atomic mass is 32.2. The van der Waals surface area contributed by atoms with E-state index in [1.807, 2.05) is 0 Å². The van der Waals surface area contributed by atoms with Crippen LogP contribution in [0.3, 0.4) is 0 Å². The summed E-state index contributed by atoms with van der Waals surface area (Å²) in [5, 5.41) is 0. The number of halogens is 3. The number of benzene rings is 1. The van der Waals surface area contributed by atoms with E-state index in [1.165, 1.54) is 23.9 Å². The van der Waals surface area contributed by atoms with Crippen LogP contribution in [0.1, 0.15) is 15.9 Å². The van der Waals surface area contributed by atoms with Crippen LogP contribution in [0, 0.1) is 0 Å². The lowest BCUT2D eigenvalue weighted by Crippen LogP contribution is -2.14. The van der Waals surface area contributed by atoms with Gasteiger partial charge in [-0.05, 0) is 24.5 Å². The maximum absolute atomic E-state index is 12.6. The second-order valence-electron chi connectivity index (χ2n) is 2.90. The third-order valence-electron chi connectivity index (χ3n) is 1.94. The average molecular weight is 250 g/mol. The van der Waals surface area contributed by atoms with Crippen molar-refractivity contribution in [3.8, 4) is 0 Å². The highest BCUT2D eigenvalue weighted by molar-refractivity contribution is 7.98. The molecule has 0 fully saturated rings. The van der Waals surface area contributed by atoms with Gasteiger partial charge in [-0.15, -0.1) is 11.8 Å². The number of rotatable bonds is 2. The molecule has 2 nitrogen and oxygen atoms in total. The molecule has 0 saturated heterocycles. The molecule has 0 unspecified atom stereocenters. The summed E-state index contributed by atoms with van der Waals surface area (Å²) < 4.78 is 42.0. The molecule has 0 atom stereocenters. The van der Waals surface area contributed by atoms with Gasteiger partial charge in [-0.25, -0.2) is 4.79 Å². The van der Waals surface area contributed by atoms with Crippen LogP contribution in [0.5, 0.6) is 0 Å². The Kier molecular flexibility index (Phi) is 3.85. The standard InChI is InChI=1S/C10H9F3O2S/c1-15-9(14)7-5-6(16-2)3-4-8(7)10(11,12)13/h3-5H,1-2H3. The summed E-state index contributed by atoms with van der Waals surface area (Å²) in [4.78, 5) is 11.8. The van der Waals surface area contributed by atoms with E-state index < -0.39 is 23.3 Å². The van der Waals surface area contributed by atoms with Crippen LogP contribution in [0.25, 0.3) is 0 Å². The smallest absolute Gasteiger partial charge is 0.417 e. The van der Waals surface area contributed by atoms with E-state index in [0.717, 1.165) is 13.2 Å². The van der Waals surface area contributed by atoms with Crippen molar-refractivity contribution in [1.29, 1.82) is 0 Å². The molecule has 0 N–H and O–H groups in total. The normalized spacial score (nSPS) is 11.3. The van der Waals surface area contributed by atoms with Gasteiger partial charge in [0.2, 0.25) is 0 Å². The van der Waals surface area contributed by atoms with E-state index in [9.17, 15) is 18.0 Å². The Labute approximate surface area is 94.8 Å². The topological polar surface area (TPSA) is 26.3 Å². The Morgan fingerprint density at radius 2 is 2.00 bits per heavy atom. The molecule has 88 valence electrons. The predicted molar refractivity (Wildman–Crippen MR) is 54.6 cm³/mol. The van der Waals surface area contributed by atoms with Gasteiger partial charge in [-0.1, -0.05) is 0 Å². The molecular formula is C10H9F3O2S. The summed E-state index contributed by atoms with van der Waals surface area (Å²) in [6.45, 7) is 0. The monoisotopic (exact) mass is 250 g/mol. The zero-order valence-electron chi connectivity index (χ0n) is 8.59. The van der Waals surface area contributed by atoms with Crippen LogP contribution in [-0.4, -0.2) is 19.3 Å². The average Bonchev–Trinajstić information content (AvgIpc) is 2.25. The van der Waals surface area contributed by atoms with Gasteiger partial charge in [-0.2, -0.15) is 13.2 Å². The second-order valence-corrected chi connectivity index (χ2v) is 3.78. The Hall–Kier alpha value is -1.17. The van der Waals surface area contributed by atoms with Gasteiger partial charge >= 0.3 is 12.1 Å². The van der Waals surface area contributed by atoms with Gasteiger partial charge in [0.05, 0.1) is 18.2 Å². The van der Waals surface area contributed by atoms with Crippen molar-refractivity contribution in [2.24, 2.45) is 0 Å². The number of thioether (sulfide) groups is 1. The molecule has 1 aromatic rings. The molecule has 1 aromatic carbocycles. The van der Waals surface area contributed by atoms with E-state index in [4.69, 9.17) is 0 Å². The van der Waals surface area contributed by atoms with Crippen molar-refractivity contribution in [2.45, 2.75) is 11.1 Å². The van der Waals surface area contributed by atoms with E-state index >= 15 is 0 Å². The SMILES string of the molecule is COC(=O)c1cc(SC)ccc1C(F)(F)F. The molecule has 0 aliphatic rings.